The molecule has 5 heteroatoms. The van der Waals surface area contributed by atoms with Gasteiger partial charge in [0.05, 0.1) is 12.1 Å². The van der Waals surface area contributed by atoms with Crippen LogP contribution in [-0.2, 0) is 6.54 Å². The van der Waals surface area contributed by atoms with Crippen molar-refractivity contribution in [2.75, 3.05) is 6.54 Å². The average molecular weight is 227 g/mol. The summed E-state index contributed by atoms with van der Waals surface area (Å²) < 4.78 is 5.05. The fourth-order valence-electron chi connectivity index (χ4n) is 1.17. The Hall–Kier alpha value is -1.33. The van der Waals surface area contributed by atoms with E-state index in [0.29, 0.717) is 25.3 Å². The lowest BCUT2D eigenvalue weighted by Gasteiger charge is -2.21. The molecule has 0 aliphatic heterocycles. The Bertz CT molecular complexity index is 357. The molecule has 0 spiro atoms. The van der Waals surface area contributed by atoms with Crippen molar-refractivity contribution in [2.24, 2.45) is 0 Å². The van der Waals surface area contributed by atoms with E-state index in [0.717, 1.165) is 0 Å². The molecule has 0 aromatic carbocycles. The third-order valence-electron chi connectivity index (χ3n) is 2.44. The monoisotopic (exact) mass is 227 g/mol. The predicted molar refractivity (Wildman–Crippen MR) is 58.3 cm³/mol. The average Bonchev–Trinajstić information content (AvgIpc) is 2.66. The zero-order chi connectivity index (χ0) is 12.2. The summed E-state index contributed by atoms with van der Waals surface area (Å²) >= 11 is 0. The van der Waals surface area contributed by atoms with Crippen molar-refractivity contribution in [2.45, 2.75) is 32.4 Å². The van der Waals surface area contributed by atoms with Gasteiger partial charge in [0.25, 0.3) is 0 Å². The van der Waals surface area contributed by atoms with Crippen LogP contribution < -0.4 is 5.32 Å². The number of furan rings is 1. The normalized spacial score (nSPS) is 14.7. The molecule has 16 heavy (non-hydrogen) atoms. The van der Waals surface area contributed by atoms with Crippen LogP contribution in [0.2, 0.25) is 0 Å². The van der Waals surface area contributed by atoms with Crippen LogP contribution in [0.25, 0.3) is 0 Å². The van der Waals surface area contributed by atoms with Crippen molar-refractivity contribution in [3.8, 4) is 0 Å². The molecule has 0 saturated heterocycles. The minimum atomic E-state index is -1.08. The van der Waals surface area contributed by atoms with Crippen LogP contribution in [-0.4, -0.2) is 28.3 Å². The highest BCUT2D eigenvalue weighted by molar-refractivity contribution is 5.84. The molecule has 0 bridgehead atoms. The summed E-state index contributed by atoms with van der Waals surface area (Å²) in [4.78, 5) is 10.5. The predicted octanol–water partition coefficient (Wildman–Crippen LogP) is 1.23. The van der Waals surface area contributed by atoms with Gasteiger partial charge >= 0.3 is 5.97 Å². The lowest BCUT2D eigenvalue weighted by atomic mass is 10.0. The first-order valence-electron chi connectivity index (χ1n) is 5.20. The highest BCUT2D eigenvalue weighted by Gasteiger charge is 2.16. The Morgan fingerprint density at radius 1 is 1.56 bits per heavy atom. The first-order chi connectivity index (χ1) is 7.44. The molecule has 3 N–H and O–H groups in total. The fraction of sp³-hybridized carbons (Fsp3) is 0.545. The van der Waals surface area contributed by atoms with Gasteiger partial charge in [-0.25, -0.2) is 4.79 Å². The molecule has 1 aromatic rings. The molecule has 1 aromatic heterocycles. The standard InChI is InChI=1S/C11H17NO4/c1-3-11(2,15)7-12-6-8-4-5-9(16-8)10(13)14/h4-5,12,15H,3,6-7H2,1-2H3,(H,13,14). The Labute approximate surface area is 94.1 Å². The summed E-state index contributed by atoms with van der Waals surface area (Å²) in [5, 5.41) is 21.4. The second-order valence-corrected chi connectivity index (χ2v) is 4.03. The topological polar surface area (TPSA) is 82.7 Å². The summed E-state index contributed by atoms with van der Waals surface area (Å²) in [5.74, 6) is -0.602. The number of carbonyl (C=O) groups is 1. The zero-order valence-corrected chi connectivity index (χ0v) is 9.49. The lowest BCUT2D eigenvalue weighted by Crippen LogP contribution is -2.36. The maximum absolute atomic E-state index is 10.5. The van der Waals surface area contributed by atoms with Crippen molar-refractivity contribution in [3.63, 3.8) is 0 Å². The molecule has 1 atom stereocenters. The number of carboxylic acids is 1. The van der Waals surface area contributed by atoms with E-state index in [1.807, 2.05) is 6.92 Å². The minimum Gasteiger partial charge on any atom is -0.475 e. The maximum Gasteiger partial charge on any atom is 0.371 e. The first-order valence-corrected chi connectivity index (χ1v) is 5.20. The Morgan fingerprint density at radius 3 is 2.75 bits per heavy atom. The van der Waals surface area contributed by atoms with Gasteiger partial charge in [-0.3, -0.25) is 0 Å². The minimum absolute atomic E-state index is 0.0703. The highest BCUT2D eigenvalue weighted by atomic mass is 16.4. The van der Waals surface area contributed by atoms with E-state index in [1.54, 1.807) is 13.0 Å². The summed E-state index contributed by atoms with van der Waals surface area (Å²) in [6, 6.07) is 3.02. The van der Waals surface area contributed by atoms with Crippen molar-refractivity contribution < 1.29 is 19.4 Å². The third-order valence-corrected chi connectivity index (χ3v) is 2.44. The molecule has 0 aliphatic rings. The van der Waals surface area contributed by atoms with Crippen LogP contribution in [0.3, 0.4) is 0 Å². The van der Waals surface area contributed by atoms with Crippen LogP contribution in [0.1, 0.15) is 36.6 Å². The third kappa shape index (κ3) is 3.67. The van der Waals surface area contributed by atoms with Gasteiger partial charge in [0.1, 0.15) is 5.76 Å². The molecule has 0 fully saturated rings. The van der Waals surface area contributed by atoms with E-state index >= 15 is 0 Å². The Morgan fingerprint density at radius 2 is 2.25 bits per heavy atom. The summed E-state index contributed by atoms with van der Waals surface area (Å²) in [6.45, 7) is 4.48. The second kappa shape index (κ2) is 5.14. The molecule has 0 amide bonds. The number of hydrogen-bond acceptors (Lipinski definition) is 4. The van der Waals surface area contributed by atoms with Crippen LogP contribution in [0, 0.1) is 0 Å². The van der Waals surface area contributed by atoms with Crippen LogP contribution >= 0.6 is 0 Å². The van der Waals surface area contributed by atoms with Crippen LogP contribution in [0.15, 0.2) is 16.5 Å². The van der Waals surface area contributed by atoms with Crippen LogP contribution in [0.5, 0.6) is 0 Å². The molecule has 5 nitrogen and oxygen atoms in total. The van der Waals surface area contributed by atoms with Crippen LogP contribution in [0.4, 0.5) is 0 Å². The van der Waals surface area contributed by atoms with Crippen molar-refractivity contribution in [1.82, 2.24) is 5.32 Å². The van der Waals surface area contributed by atoms with Gasteiger partial charge in [0.2, 0.25) is 5.76 Å². The number of rotatable bonds is 6. The van der Waals surface area contributed by atoms with Gasteiger partial charge in [-0.15, -0.1) is 0 Å². The van der Waals surface area contributed by atoms with E-state index in [4.69, 9.17) is 9.52 Å². The van der Waals surface area contributed by atoms with E-state index in [-0.39, 0.29) is 5.76 Å². The van der Waals surface area contributed by atoms with E-state index in [2.05, 4.69) is 5.32 Å². The van der Waals surface area contributed by atoms with Gasteiger partial charge < -0.3 is 19.9 Å². The lowest BCUT2D eigenvalue weighted by molar-refractivity contribution is 0.0547. The first kappa shape index (κ1) is 12.7. The fourth-order valence-corrected chi connectivity index (χ4v) is 1.17. The molecular formula is C11H17NO4. The maximum atomic E-state index is 10.5. The smallest absolute Gasteiger partial charge is 0.371 e. The molecular weight excluding hydrogens is 210 g/mol. The van der Waals surface area contributed by atoms with Gasteiger partial charge in [0.15, 0.2) is 0 Å². The van der Waals surface area contributed by atoms with Crippen molar-refractivity contribution >= 4 is 5.97 Å². The summed E-state index contributed by atoms with van der Waals surface area (Å²) in [5.41, 5.74) is -0.748. The molecule has 1 unspecified atom stereocenters. The molecule has 1 heterocycles. The number of carboxylic acid groups (broad SMARTS) is 1. The molecule has 0 saturated carbocycles. The molecule has 0 radical (unpaired) electrons. The van der Waals surface area contributed by atoms with E-state index < -0.39 is 11.6 Å². The second-order valence-electron chi connectivity index (χ2n) is 4.03. The SMILES string of the molecule is CCC(C)(O)CNCc1ccc(C(=O)O)o1. The Kier molecular flexibility index (Phi) is 4.09. The number of aliphatic hydroxyl groups is 1. The van der Waals surface area contributed by atoms with Crippen molar-refractivity contribution in [1.29, 1.82) is 0 Å². The molecule has 90 valence electrons. The molecule has 1 rings (SSSR count). The van der Waals surface area contributed by atoms with Gasteiger partial charge in [-0.2, -0.15) is 0 Å². The largest absolute Gasteiger partial charge is 0.475 e. The quantitative estimate of drug-likeness (QED) is 0.680. The summed E-state index contributed by atoms with van der Waals surface area (Å²) in [7, 11) is 0. The highest BCUT2D eigenvalue weighted by Crippen LogP contribution is 2.09. The molecule has 0 aliphatic carbocycles. The summed E-state index contributed by atoms with van der Waals surface area (Å²) in [6.07, 6.45) is 0.651. The Balaban J connectivity index is 2.40. The number of hydrogen-bond donors (Lipinski definition) is 3. The number of aromatic carboxylic acids is 1. The zero-order valence-electron chi connectivity index (χ0n) is 9.49. The van der Waals surface area contributed by atoms with Gasteiger partial charge in [0, 0.05) is 6.54 Å². The van der Waals surface area contributed by atoms with Gasteiger partial charge in [-0.1, -0.05) is 6.92 Å². The van der Waals surface area contributed by atoms with Gasteiger partial charge in [-0.05, 0) is 25.5 Å². The van der Waals surface area contributed by atoms with Crippen molar-refractivity contribution in [3.05, 3.63) is 23.7 Å². The van der Waals surface area contributed by atoms with E-state index in [9.17, 15) is 9.90 Å². The number of nitrogens with one attached hydrogen (secondary N) is 1. The van der Waals surface area contributed by atoms with E-state index in [1.165, 1.54) is 6.07 Å².